The summed E-state index contributed by atoms with van der Waals surface area (Å²) < 4.78 is 1.09. The van der Waals surface area contributed by atoms with Gasteiger partial charge in [-0.1, -0.05) is 12.1 Å². The molecule has 0 unspecified atom stereocenters. The van der Waals surface area contributed by atoms with Crippen LogP contribution in [0.4, 0.5) is 0 Å². The summed E-state index contributed by atoms with van der Waals surface area (Å²) >= 11 is 5.23. The van der Waals surface area contributed by atoms with E-state index >= 15 is 0 Å². The van der Waals surface area contributed by atoms with Gasteiger partial charge in [0.15, 0.2) is 0 Å². The Kier molecular flexibility index (Phi) is 8.71. The van der Waals surface area contributed by atoms with Crippen molar-refractivity contribution in [2.45, 2.75) is 49.1 Å². The topological polar surface area (TPSA) is 55.1 Å². The minimum atomic E-state index is 0. The van der Waals surface area contributed by atoms with Crippen molar-refractivity contribution in [3.63, 3.8) is 0 Å². The Labute approximate surface area is 145 Å². The van der Waals surface area contributed by atoms with Crippen molar-refractivity contribution in [3.8, 4) is 0 Å². The van der Waals surface area contributed by atoms with Crippen LogP contribution in [0.25, 0.3) is 0 Å². The van der Waals surface area contributed by atoms with E-state index < -0.39 is 0 Å². The highest BCUT2D eigenvalue weighted by molar-refractivity contribution is 9.10. The summed E-state index contributed by atoms with van der Waals surface area (Å²) in [6, 6.07) is 8.75. The summed E-state index contributed by atoms with van der Waals surface area (Å²) in [5.74, 6) is 0.964. The predicted molar refractivity (Wildman–Crippen MR) is 95.1 cm³/mol. The third-order valence-electron chi connectivity index (χ3n) is 3.56. The molecule has 1 amide bonds. The Bertz CT molecular complexity index is 453. The first-order chi connectivity index (χ1) is 9.65. The molecule has 6 heteroatoms. The predicted octanol–water partition coefficient (Wildman–Crippen LogP) is 3.74. The lowest BCUT2D eigenvalue weighted by atomic mass is 9.92. The molecule has 0 bridgehead atoms. The summed E-state index contributed by atoms with van der Waals surface area (Å²) in [4.78, 5) is 13.1. The average Bonchev–Trinajstić information content (AvgIpc) is 2.43. The minimum Gasteiger partial charge on any atom is -0.353 e. The molecule has 0 atom stereocenters. The van der Waals surface area contributed by atoms with Gasteiger partial charge in [0.1, 0.15) is 0 Å². The maximum Gasteiger partial charge on any atom is 0.221 e. The van der Waals surface area contributed by atoms with Crippen LogP contribution >= 0.6 is 40.1 Å². The van der Waals surface area contributed by atoms with Crippen molar-refractivity contribution in [2.75, 3.05) is 5.75 Å². The van der Waals surface area contributed by atoms with Gasteiger partial charge in [-0.2, -0.15) is 0 Å². The zero-order chi connectivity index (χ0) is 14.4. The maximum atomic E-state index is 11.9. The van der Waals surface area contributed by atoms with Crippen molar-refractivity contribution in [1.29, 1.82) is 0 Å². The number of hydrogen-bond acceptors (Lipinski definition) is 3. The van der Waals surface area contributed by atoms with E-state index in [1.54, 1.807) is 11.8 Å². The van der Waals surface area contributed by atoms with Crippen LogP contribution in [0.5, 0.6) is 0 Å². The van der Waals surface area contributed by atoms with Crippen molar-refractivity contribution in [3.05, 3.63) is 28.7 Å². The Balaban J connectivity index is 0.00000220. The van der Waals surface area contributed by atoms with Gasteiger partial charge in [-0.3, -0.25) is 4.79 Å². The van der Waals surface area contributed by atoms with Gasteiger partial charge in [-0.15, -0.1) is 24.2 Å². The van der Waals surface area contributed by atoms with Gasteiger partial charge in [-0.05, 0) is 53.7 Å². The number of carbonyl (C=O) groups is 1. The molecule has 0 aromatic heterocycles. The minimum absolute atomic E-state index is 0. The van der Waals surface area contributed by atoms with Crippen LogP contribution in [-0.2, 0) is 4.79 Å². The fourth-order valence-electron chi connectivity index (χ4n) is 2.38. The number of hydrogen-bond donors (Lipinski definition) is 2. The molecule has 1 aromatic rings. The molecular weight excluding hydrogens is 372 g/mol. The van der Waals surface area contributed by atoms with E-state index in [1.807, 2.05) is 18.2 Å². The lowest BCUT2D eigenvalue weighted by Gasteiger charge is -2.26. The smallest absolute Gasteiger partial charge is 0.221 e. The number of rotatable bonds is 5. The Morgan fingerprint density at radius 3 is 2.62 bits per heavy atom. The Morgan fingerprint density at radius 1 is 1.29 bits per heavy atom. The van der Waals surface area contributed by atoms with E-state index in [0.29, 0.717) is 18.5 Å². The molecule has 3 N–H and O–H groups in total. The molecule has 3 nitrogen and oxygen atoms in total. The number of halogens is 2. The molecule has 0 aliphatic heterocycles. The van der Waals surface area contributed by atoms with Gasteiger partial charge in [-0.25, -0.2) is 0 Å². The monoisotopic (exact) mass is 392 g/mol. The second-order valence-corrected chi connectivity index (χ2v) is 7.20. The van der Waals surface area contributed by atoms with E-state index in [4.69, 9.17) is 5.73 Å². The highest BCUT2D eigenvalue weighted by atomic mass is 79.9. The number of carbonyl (C=O) groups excluding carboxylic acids is 1. The van der Waals surface area contributed by atoms with Crippen molar-refractivity contribution >= 4 is 46.0 Å². The van der Waals surface area contributed by atoms with Gasteiger partial charge >= 0.3 is 0 Å². The Hall–Kier alpha value is -0.230. The summed E-state index contributed by atoms with van der Waals surface area (Å²) in [7, 11) is 0. The van der Waals surface area contributed by atoms with Crippen molar-refractivity contribution < 1.29 is 4.79 Å². The zero-order valence-corrected chi connectivity index (χ0v) is 15.1. The second-order valence-electron chi connectivity index (χ2n) is 5.21. The van der Waals surface area contributed by atoms with E-state index in [2.05, 4.69) is 27.3 Å². The first-order valence-electron chi connectivity index (χ1n) is 7.07. The van der Waals surface area contributed by atoms with Crippen LogP contribution in [0.2, 0.25) is 0 Å². The molecule has 2 rings (SSSR count). The number of benzene rings is 1. The SMILES string of the molecule is Cl.NC1CCC(NC(=O)CCSc2ccccc2Br)CC1. The van der Waals surface area contributed by atoms with Gasteiger partial charge in [0.05, 0.1) is 0 Å². The lowest BCUT2D eigenvalue weighted by Crippen LogP contribution is -2.40. The molecule has 0 saturated heterocycles. The molecule has 0 spiro atoms. The Morgan fingerprint density at radius 2 is 1.95 bits per heavy atom. The van der Waals surface area contributed by atoms with Crippen LogP contribution in [0, 0.1) is 0 Å². The molecule has 0 radical (unpaired) electrons. The van der Waals surface area contributed by atoms with Gasteiger partial charge in [0.25, 0.3) is 0 Å². The van der Waals surface area contributed by atoms with E-state index in [9.17, 15) is 4.79 Å². The van der Waals surface area contributed by atoms with Crippen LogP contribution in [-0.4, -0.2) is 23.7 Å². The first-order valence-corrected chi connectivity index (χ1v) is 8.85. The second kappa shape index (κ2) is 9.72. The van der Waals surface area contributed by atoms with Crippen LogP contribution in [0.15, 0.2) is 33.6 Å². The largest absolute Gasteiger partial charge is 0.353 e. The summed E-state index contributed by atoms with van der Waals surface area (Å²) in [6.07, 6.45) is 4.65. The molecule has 0 heterocycles. The third kappa shape index (κ3) is 6.59. The maximum absolute atomic E-state index is 11.9. The standard InChI is InChI=1S/C15H21BrN2OS.ClH/c16-13-3-1-2-4-14(13)20-10-9-15(19)18-12-7-5-11(17)6-8-12;/h1-4,11-12H,5-10,17H2,(H,18,19);1H. The molecule has 1 aliphatic carbocycles. The van der Waals surface area contributed by atoms with E-state index in [1.165, 1.54) is 4.90 Å². The van der Waals surface area contributed by atoms with Gasteiger partial charge in [0.2, 0.25) is 5.91 Å². The van der Waals surface area contributed by atoms with Gasteiger partial charge in [0, 0.05) is 33.6 Å². The van der Waals surface area contributed by atoms with Crippen LogP contribution in [0.3, 0.4) is 0 Å². The fraction of sp³-hybridized carbons (Fsp3) is 0.533. The quantitative estimate of drug-likeness (QED) is 0.749. The first kappa shape index (κ1) is 18.8. The average molecular weight is 394 g/mol. The molecule has 1 aromatic carbocycles. The normalized spacial score (nSPS) is 21.4. The molecule has 1 fully saturated rings. The van der Waals surface area contributed by atoms with Crippen LogP contribution in [0.1, 0.15) is 32.1 Å². The third-order valence-corrected chi connectivity index (χ3v) is 5.59. The number of thioether (sulfide) groups is 1. The van der Waals surface area contributed by atoms with E-state index in [-0.39, 0.29) is 18.3 Å². The summed E-state index contributed by atoms with van der Waals surface area (Å²) in [5, 5.41) is 3.12. The molecule has 118 valence electrons. The van der Waals surface area contributed by atoms with Crippen molar-refractivity contribution in [2.24, 2.45) is 5.73 Å². The molecule has 21 heavy (non-hydrogen) atoms. The molecular formula is C15H22BrClN2OS. The van der Waals surface area contributed by atoms with Crippen LogP contribution < -0.4 is 11.1 Å². The number of nitrogens with two attached hydrogens (primary N) is 1. The highest BCUT2D eigenvalue weighted by Crippen LogP contribution is 2.27. The number of nitrogens with one attached hydrogen (secondary N) is 1. The van der Waals surface area contributed by atoms with Gasteiger partial charge < -0.3 is 11.1 Å². The molecule has 1 saturated carbocycles. The molecule has 1 aliphatic rings. The summed E-state index contributed by atoms with van der Waals surface area (Å²) in [5.41, 5.74) is 5.87. The lowest BCUT2D eigenvalue weighted by molar-refractivity contribution is -0.121. The van der Waals surface area contributed by atoms with E-state index in [0.717, 1.165) is 35.9 Å². The number of amides is 1. The van der Waals surface area contributed by atoms with Crippen molar-refractivity contribution in [1.82, 2.24) is 5.32 Å². The summed E-state index contributed by atoms with van der Waals surface area (Å²) in [6.45, 7) is 0. The highest BCUT2D eigenvalue weighted by Gasteiger charge is 2.19. The zero-order valence-electron chi connectivity index (χ0n) is 11.9. The fourth-order valence-corrected chi connectivity index (χ4v) is 3.90.